The summed E-state index contributed by atoms with van der Waals surface area (Å²) < 4.78 is 3.16. The first-order chi connectivity index (χ1) is 16.4. The molecule has 172 valence electrons. The summed E-state index contributed by atoms with van der Waals surface area (Å²) in [4.78, 5) is 6.84. The molecule has 5 rings (SSSR count). The molecule has 0 spiro atoms. The first-order valence-electron chi connectivity index (χ1n) is 11.1. The molecule has 2 aromatic carbocycles. The Morgan fingerprint density at radius 1 is 1.00 bits per heavy atom. The number of phenols is 1. The predicted octanol–water partition coefficient (Wildman–Crippen LogP) is 6.44. The molecule has 1 aliphatic heterocycles. The van der Waals surface area contributed by atoms with Crippen molar-refractivity contribution >= 4 is 38.9 Å². The summed E-state index contributed by atoms with van der Waals surface area (Å²) in [5.41, 5.74) is 7.07. The van der Waals surface area contributed by atoms with Crippen molar-refractivity contribution in [1.82, 2.24) is 14.9 Å². The van der Waals surface area contributed by atoms with Gasteiger partial charge in [-0.1, -0.05) is 34.1 Å². The first-order valence-corrected chi connectivity index (χ1v) is 12.3. The van der Waals surface area contributed by atoms with Crippen LogP contribution in [-0.2, 0) is 0 Å². The number of hydrogen-bond acceptors (Lipinski definition) is 3. The van der Waals surface area contributed by atoms with Gasteiger partial charge in [-0.2, -0.15) is 0 Å². The Kier molecular flexibility index (Phi) is 5.91. The van der Waals surface area contributed by atoms with Crippen molar-refractivity contribution in [2.75, 3.05) is 4.90 Å². The van der Waals surface area contributed by atoms with Crippen LogP contribution >= 0.6 is 28.1 Å². The van der Waals surface area contributed by atoms with Gasteiger partial charge in [0.15, 0.2) is 5.11 Å². The topological polar surface area (TPSA) is 53.3 Å². The highest BCUT2D eigenvalue weighted by Gasteiger charge is 2.42. The van der Waals surface area contributed by atoms with E-state index in [4.69, 9.17) is 12.2 Å². The van der Waals surface area contributed by atoms with Gasteiger partial charge in [0.25, 0.3) is 0 Å². The number of hydrogen-bond donors (Lipinski definition) is 2. The molecule has 0 bridgehead atoms. The molecule has 5 nitrogen and oxygen atoms in total. The molecule has 0 saturated carbocycles. The lowest BCUT2D eigenvalue weighted by Gasteiger charge is -2.28. The number of aromatic nitrogens is 2. The Hall–Kier alpha value is -3.16. The average molecular weight is 533 g/mol. The van der Waals surface area contributed by atoms with Crippen molar-refractivity contribution in [3.63, 3.8) is 0 Å². The summed E-state index contributed by atoms with van der Waals surface area (Å²) in [6.45, 7) is 6.24. The number of thiocarbonyl (C=S) groups is 1. The molecule has 0 aliphatic carbocycles. The highest BCUT2D eigenvalue weighted by molar-refractivity contribution is 9.10. The summed E-state index contributed by atoms with van der Waals surface area (Å²) in [5.74, 6) is 0.248. The van der Waals surface area contributed by atoms with Gasteiger partial charge in [0.2, 0.25) is 0 Å². The lowest BCUT2D eigenvalue weighted by Crippen LogP contribution is -2.29. The largest absolute Gasteiger partial charge is 0.506 e. The SMILES string of the molecule is Cc1cc(N2C(=S)NC(c3ccccn3)C2c2cc(C)n(-c3ccccc3O)c2C)ccc1Br. The summed E-state index contributed by atoms with van der Waals surface area (Å²) in [5, 5.41) is 14.8. The van der Waals surface area contributed by atoms with E-state index in [1.54, 1.807) is 6.07 Å². The van der Waals surface area contributed by atoms with Crippen molar-refractivity contribution in [2.45, 2.75) is 32.9 Å². The Bertz CT molecular complexity index is 1380. The van der Waals surface area contributed by atoms with Gasteiger partial charge in [-0.25, -0.2) is 0 Å². The van der Waals surface area contributed by atoms with Crippen LogP contribution in [0.5, 0.6) is 5.75 Å². The number of nitrogens with one attached hydrogen (secondary N) is 1. The Balaban J connectivity index is 1.70. The van der Waals surface area contributed by atoms with E-state index in [0.29, 0.717) is 5.11 Å². The molecule has 34 heavy (non-hydrogen) atoms. The second-order valence-electron chi connectivity index (χ2n) is 8.58. The number of anilines is 1. The highest BCUT2D eigenvalue weighted by Crippen LogP contribution is 2.44. The zero-order valence-corrected chi connectivity index (χ0v) is 21.6. The van der Waals surface area contributed by atoms with Gasteiger partial charge >= 0.3 is 0 Å². The molecule has 0 radical (unpaired) electrons. The third-order valence-corrected chi connectivity index (χ3v) is 7.63. The van der Waals surface area contributed by atoms with Gasteiger partial charge in [0.05, 0.1) is 23.5 Å². The van der Waals surface area contributed by atoms with E-state index < -0.39 is 0 Å². The van der Waals surface area contributed by atoms with E-state index in [1.807, 2.05) is 42.6 Å². The predicted molar refractivity (Wildman–Crippen MR) is 144 cm³/mol. The normalized spacial score (nSPS) is 17.8. The second-order valence-corrected chi connectivity index (χ2v) is 9.82. The number of halogens is 1. The molecule has 3 heterocycles. The summed E-state index contributed by atoms with van der Waals surface area (Å²) in [6.07, 6.45) is 1.81. The monoisotopic (exact) mass is 532 g/mol. The quantitative estimate of drug-likeness (QED) is 0.296. The number of pyridine rings is 1. The van der Waals surface area contributed by atoms with Crippen molar-refractivity contribution in [3.8, 4) is 11.4 Å². The third kappa shape index (κ3) is 3.79. The van der Waals surface area contributed by atoms with Gasteiger partial charge in [0.1, 0.15) is 5.75 Å². The number of aryl methyl sites for hydroxylation is 2. The van der Waals surface area contributed by atoms with Crippen LogP contribution in [0.2, 0.25) is 0 Å². The van der Waals surface area contributed by atoms with E-state index in [1.165, 1.54) is 0 Å². The fourth-order valence-electron chi connectivity index (χ4n) is 4.84. The molecule has 1 saturated heterocycles. The van der Waals surface area contributed by atoms with Crippen molar-refractivity contribution in [3.05, 3.63) is 106 Å². The molecular formula is C27H25BrN4OS. The standard InChI is InChI=1S/C27H25BrN4OS/c1-16-14-19(11-12-21(16)28)32-26(25(30-27(32)34)22-8-6-7-13-29-22)20-15-17(2)31(18(20)3)23-9-4-5-10-24(23)33/h4-15,25-26,33H,1-3H3,(H,30,34). The maximum Gasteiger partial charge on any atom is 0.174 e. The van der Waals surface area contributed by atoms with Gasteiger partial charge < -0.3 is 19.9 Å². The number of rotatable bonds is 4. The molecular weight excluding hydrogens is 508 g/mol. The second kappa shape index (κ2) is 8.89. The van der Waals surface area contributed by atoms with Gasteiger partial charge in [-0.15, -0.1) is 0 Å². The number of phenolic OH excluding ortho intramolecular Hbond substituents is 1. The number of aromatic hydroxyl groups is 1. The van der Waals surface area contributed by atoms with E-state index in [-0.39, 0.29) is 17.8 Å². The Morgan fingerprint density at radius 2 is 1.76 bits per heavy atom. The minimum absolute atomic E-state index is 0.117. The number of para-hydroxylation sites is 2. The molecule has 1 aliphatic rings. The van der Waals surface area contributed by atoms with E-state index >= 15 is 0 Å². The van der Waals surface area contributed by atoms with Gasteiger partial charge in [-0.05, 0) is 92.6 Å². The lowest BCUT2D eigenvalue weighted by molar-refractivity contribution is 0.471. The van der Waals surface area contributed by atoms with Crippen LogP contribution in [0.3, 0.4) is 0 Å². The molecule has 2 N–H and O–H groups in total. The van der Waals surface area contributed by atoms with Crippen LogP contribution < -0.4 is 10.2 Å². The summed E-state index contributed by atoms with van der Waals surface area (Å²) in [7, 11) is 0. The maximum absolute atomic E-state index is 10.6. The zero-order chi connectivity index (χ0) is 24.0. The molecule has 0 amide bonds. The Labute approximate surface area is 213 Å². The molecule has 7 heteroatoms. The molecule has 2 atom stereocenters. The third-order valence-electron chi connectivity index (χ3n) is 6.43. The molecule has 2 aromatic heterocycles. The maximum atomic E-state index is 10.6. The lowest BCUT2D eigenvalue weighted by atomic mass is 9.96. The van der Waals surface area contributed by atoms with Crippen LogP contribution in [0.15, 0.2) is 77.4 Å². The van der Waals surface area contributed by atoms with E-state index in [0.717, 1.165) is 44.1 Å². The number of nitrogens with zero attached hydrogens (tertiary/aromatic N) is 3. The van der Waals surface area contributed by atoms with Crippen molar-refractivity contribution in [1.29, 1.82) is 0 Å². The minimum atomic E-state index is -0.129. The van der Waals surface area contributed by atoms with Crippen LogP contribution in [0, 0.1) is 20.8 Å². The van der Waals surface area contributed by atoms with Gasteiger partial charge in [0, 0.05) is 27.7 Å². The fraction of sp³-hybridized carbons (Fsp3) is 0.185. The van der Waals surface area contributed by atoms with Gasteiger partial charge in [-0.3, -0.25) is 4.98 Å². The Morgan fingerprint density at radius 3 is 2.47 bits per heavy atom. The van der Waals surface area contributed by atoms with Crippen LogP contribution in [0.4, 0.5) is 5.69 Å². The molecule has 1 fully saturated rings. The van der Waals surface area contributed by atoms with Crippen LogP contribution in [0.1, 0.15) is 40.3 Å². The first kappa shape index (κ1) is 22.6. The van der Waals surface area contributed by atoms with E-state index in [9.17, 15) is 5.11 Å². The number of benzene rings is 2. The summed E-state index contributed by atoms with van der Waals surface area (Å²) >= 11 is 9.49. The summed E-state index contributed by atoms with van der Waals surface area (Å²) in [6, 6.07) is 21.6. The minimum Gasteiger partial charge on any atom is -0.506 e. The van der Waals surface area contributed by atoms with Crippen molar-refractivity contribution < 1.29 is 5.11 Å². The fourth-order valence-corrected chi connectivity index (χ4v) is 5.43. The van der Waals surface area contributed by atoms with Crippen molar-refractivity contribution in [2.24, 2.45) is 0 Å². The van der Waals surface area contributed by atoms with Crippen LogP contribution in [-0.4, -0.2) is 19.8 Å². The highest BCUT2D eigenvalue weighted by atomic mass is 79.9. The molecule has 2 unspecified atom stereocenters. The average Bonchev–Trinajstić information content (AvgIpc) is 3.32. The van der Waals surface area contributed by atoms with E-state index in [2.05, 4.69) is 80.7 Å². The smallest absolute Gasteiger partial charge is 0.174 e. The zero-order valence-electron chi connectivity index (χ0n) is 19.2. The molecule has 4 aromatic rings. The van der Waals surface area contributed by atoms with Crippen LogP contribution in [0.25, 0.3) is 5.69 Å².